The molecule has 0 spiro atoms. The smallest absolute Gasteiger partial charge is 0.319 e. The summed E-state index contributed by atoms with van der Waals surface area (Å²) in [6, 6.07) is 9.46. The number of aromatic nitrogens is 1. The van der Waals surface area contributed by atoms with E-state index in [4.69, 9.17) is 4.42 Å². The summed E-state index contributed by atoms with van der Waals surface area (Å²) in [5.74, 6) is 0.832. The van der Waals surface area contributed by atoms with Crippen LogP contribution in [0.25, 0.3) is 10.9 Å². The number of carbonyl (C=O) groups is 1. The summed E-state index contributed by atoms with van der Waals surface area (Å²) in [5, 5.41) is 6.61. The number of urea groups is 1. The number of hydrogen-bond donors (Lipinski definition) is 3. The van der Waals surface area contributed by atoms with Crippen LogP contribution in [0.1, 0.15) is 11.3 Å². The van der Waals surface area contributed by atoms with Crippen molar-refractivity contribution in [2.45, 2.75) is 13.5 Å². The van der Waals surface area contributed by atoms with Crippen LogP contribution < -0.4 is 10.6 Å². The molecule has 0 radical (unpaired) electrons. The highest BCUT2D eigenvalue weighted by Crippen LogP contribution is 2.22. The van der Waals surface area contributed by atoms with Crippen molar-refractivity contribution >= 4 is 22.6 Å². The van der Waals surface area contributed by atoms with E-state index >= 15 is 0 Å². The molecule has 3 rings (SSSR count). The third-order valence-corrected chi connectivity index (χ3v) is 3.08. The van der Waals surface area contributed by atoms with Crippen LogP contribution in [0.5, 0.6) is 0 Å². The molecule has 5 nitrogen and oxygen atoms in total. The van der Waals surface area contributed by atoms with E-state index in [0.29, 0.717) is 6.54 Å². The minimum Gasteiger partial charge on any atom is -0.469 e. The van der Waals surface area contributed by atoms with Crippen molar-refractivity contribution in [2.75, 3.05) is 5.32 Å². The first-order chi connectivity index (χ1) is 9.72. The predicted octanol–water partition coefficient (Wildman–Crippen LogP) is 3.39. The Bertz CT molecular complexity index is 742. The molecule has 2 heterocycles. The molecular weight excluding hydrogens is 254 g/mol. The Hall–Kier alpha value is -2.69. The van der Waals surface area contributed by atoms with Crippen LogP contribution in [0.2, 0.25) is 0 Å². The standard InChI is InChI=1S/C15H15N3O2/c1-10-6-11(9-20-10)7-17-15(19)18-14-8-16-13-5-3-2-4-12(13)14/h2-6,8-9,16H,7H2,1H3,(H2,17,18,19). The van der Waals surface area contributed by atoms with Gasteiger partial charge in [-0.05, 0) is 19.1 Å². The number of para-hydroxylation sites is 1. The van der Waals surface area contributed by atoms with Gasteiger partial charge in [-0.3, -0.25) is 0 Å². The highest BCUT2D eigenvalue weighted by molar-refractivity contribution is 6.00. The Kier molecular flexibility index (Phi) is 3.16. The van der Waals surface area contributed by atoms with Gasteiger partial charge in [0, 0.05) is 29.2 Å². The minimum atomic E-state index is -0.242. The van der Waals surface area contributed by atoms with Crippen molar-refractivity contribution in [1.29, 1.82) is 0 Å². The van der Waals surface area contributed by atoms with Gasteiger partial charge in [0.1, 0.15) is 5.76 Å². The first-order valence-electron chi connectivity index (χ1n) is 6.37. The third-order valence-electron chi connectivity index (χ3n) is 3.08. The highest BCUT2D eigenvalue weighted by atomic mass is 16.3. The first kappa shape index (κ1) is 12.3. The minimum absolute atomic E-state index is 0.242. The zero-order valence-corrected chi connectivity index (χ0v) is 11.1. The molecule has 3 aromatic rings. The van der Waals surface area contributed by atoms with Crippen molar-refractivity contribution in [3.63, 3.8) is 0 Å². The van der Waals surface area contributed by atoms with Crippen LogP contribution in [-0.4, -0.2) is 11.0 Å². The molecule has 3 N–H and O–H groups in total. The lowest BCUT2D eigenvalue weighted by Crippen LogP contribution is -2.27. The van der Waals surface area contributed by atoms with Gasteiger partial charge in [0.2, 0.25) is 0 Å². The van der Waals surface area contributed by atoms with Gasteiger partial charge in [0.15, 0.2) is 0 Å². The van der Waals surface area contributed by atoms with E-state index in [1.165, 1.54) is 0 Å². The van der Waals surface area contributed by atoms with Gasteiger partial charge >= 0.3 is 6.03 Å². The molecule has 0 aliphatic heterocycles. The maximum Gasteiger partial charge on any atom is 0.319 e. The van der Waals surface area contributed by atoms with E-state index in [0.717, 1.165) is 27.9 Å². The number of anilines is 1. The molecular formula is C15H15N3O2. The van der Waals surface area contributed by atoms with E-state index in [1.807, 2.05) is 37.3 Å². The van der Waals surface area contributed by atoms with Crippen LogP contribution >= 0.6 is 0 Å². The third kappa shape index (κ3) is 2.51. The fourth-order valence-corrected chi connectivity index (χ4v) is 2.11. The Morgan fingerprint density at radius 2 is 2.20 bits per heavy atom. The van der Waals surface area contributed by atoms with Crippen molar-refractivity contribution in [3.05, 3.63) is 54.1 Å². The Labute approximate surface area is 116 Å². The van der Waals surface area contributed by atoms with Gasteiger partial charge in [-0.2, -0.15) is 0 Å². The zero-order chi connectivity index (χ0) is 13.9. The topological polar surface area (TPSA) is 70.1 Å². The summed E-state index contributed by atoms with van der Waals surface area (Å²) in [4.78, 5) is 15.0. The summed E-state index contributed by atoms with van der Waals surface area (Å²) in [6.07, 6.45) is 3.42. The number of H-pyrrole nitrogens is 1. The highest BCUT2D eigenvalue weighted by Gasteiger charge is 2.07. The number of fused-ring (bicyclic) bond motifs is 1. The van der Waals surface area contributed by atoms with Crippen LogP contribution in [0.3, 0.4) is 0 Å². The van der Waals surface area contributed by atoms with Crippen LogP contribution in [-0.2, 0) is 6.54 Å². The molecule has 102 valence electrons. The van der Waals surface area contributed by atoms with Gasteiger partial charge < -0.3 is 20.0 Å². The van der Waals surface area contributed by atoms with Crippen LogP contribution in [0, 0.1) is 6.92 Å². The number of aryl methyl sites for hydroxylation is 1. The number of carbonyl (C=O) groups excluding carboxylic acids is 1. The summed E-state index contributed by atoms with van der Waals surface area (Å²) < 4.78 is 5.18. The average molecular weight is 269 g/mol. The van der Waals surface area contributed by atoms with E-state index in [1.54, 1.807) is 12.5 Å². The quantitative estimate of drug-likeness (QED) is 0.682. The Morgan fingerprint density at radius 3 is 3.00 bits per heavy atom. The molecule has 0 unspecified atom stereocenters. The maximum atomic E-state index is 11.9. The van der Waals surface area contributed by atoms with E-state index < -0.39 is 0 Å². The van der Waals surface area contributed by atoms with Crippen LogP contribution in [0.15, 0.2) is 47.2 Å². The second-order valence-corrected chi connectivity index (χ2v) is 4.62. The maximum absolute atomic E-state index is 11.9. The van der Waals surface area contributed by atoms with Crippen molar-refractivity contribution in [3.8, 4) is 0 Å². The number of benzene rings is 1. The van der Waals surface area contributed by atoms with Crippen molar-refractivity contribution in [2.24, 2.45) is 0 Å². The number of nitrogens with one attached hydrogen (secondary N) is 3. The van der Waals surface area contributed by atoms with E-state index in [-0.39, 0.29) is 6.03 Å². The summed E-state index contributed by atoms with van der Waals surface area (Å²) in [5.41, 5.74) is 2.70. The predicted molar refractivity (Wildman–Crippen MR) is 77.6 cm³/mol. The SMILES string of the molecule is Cc1cc(CNC(=O)Nc2c[nH]c3ccccc23)co1. The first-order valence-corrected chi connectivity index (χ1v) is 6.37. The lowest BCUT2D eigenvalue weighted by atomic mass is 10.2. The molecule has 5 heteroatoms. The molecule has 0 aliphatic rings. The summed E-state index contributed by atoms with van der Waals surface area (Å²) in [7, 11) is 0. The van der Waals surface area contributed by atoms with Gasteiger partial charge in [0.05, 0.1) is 12.0 Å². The van der Waals surface area contributed by atoms with Gasteiger partial charge in [0.25, 0.3) is 0 Å². The average Bonchev–Trinajstić information content (AvgIpc) is 3.04. The largest absolute Gasteiger partial charge is 0.469 e. The monoisotopic (exact) mass is 269 g/mol. The second-order valence-electron chi connectivity index (χ2n) is 4.62. The molecule has 0 bridgehead atoms. The molecule has 1 aromatic carbocycles. The lowest BCUT2D eigenvalue weighted by molar-refractivity contribution is 0.251. The fourth-order valence-electron chi connectivity index (χ4n) is 2.11. The van der Waals surface area contributed by atoms with Crippen molar-refractivity contribution < 1.29 is 9.21 Å². The molecule has 0 saturated carbocycles. The molecule has 2 aromatic heterocycles. The lowest BCUT2D eigenvalue weighted by Gasteiger charge is -2.05. The van der Waals surface area contributed by atoms with E-state index in [9.17, 15) is 4.79 Å². The zero-order valence-electron chi connectivity index (χ0n) is 11.1. The number of aromatic amines is 1. The van der Waals surface area contributed by atoms with Crippen molar-refractivity contribution in [1.82, 2.24) is 10.3 Å². The molecule has 20 heavy (non-hydrogen) atoms. The van der Waals surface area contributed by atoms with Crippen LogP contribution in [0.4, 0.5) is 10.5 Å². The normalized spacial score (nSPS) is 10.7. The molecule has 0 aliphatic carbocycles. The number of hydrogen-bond acceptors (Lipinski definition) is 2. The summed E-state index contributed by atoms with van der Waals surface area (Å²) in [6.45, 7) is 2.31. The molecule has 0 saturated heterocycles. The Balaban J connectivity index is 1.64. The Morgan fingerprint density at radius 1 is 1.35 bits per heavy atom. The van der Waals surface area contributed by atoms with E-state index in [2.05, 4.69) is 15.6 Å². The second kappa shape index (κ2) is 5.13. The summed E-state index contributed by atoms with van der Waals surface area (Å²) >= 11 is 0. The van der Waals surface area contributed by atoms with Gasteiger partial charge in [-0.1, -0.05) is 18.2 Å². The molecule has 2 amide bonds. The van der Waals surface area contributed by atoms with Gasteiger partial charge in [-0.15, -0.1) is 0 Å². The number of rotatable bonds is 3. The number of furan rings is 1. The fraction of sp³-hybridized carbons (Fsp3) is 0.133. The molecule has 0 fully saturated rings. The number of amides is 2. The molecule has 0 atom stereocenters. The van der Waals surface area contributed by atoms with Gasteiger partial charge in [-0.25, -0.2) is 4.79 Å².